The first-order valence-corrected chi connectivity index (χ1v) is 27.5. The number of nitrogens with one attached hydrogen (secondary N) is 1. The number of rotatable bonds is 46. The van der Waals surface area contributed by atoms with Gasteiger partial charge < -0.3 is 19.8 Å². The van der Waals surface area contributed by atoms with Gasteiger partial charge in [0.2, 0.25) is 5.91 Å². The van der Waals surface area contributed by atoms with Crippen LogP contribution in [0.5, 0.6) is 0 Å². The summed E-state index contributed by atoms with van der Waals surface area (Å²) in [4.78, 5) is 23.2. The van der Waals surface area contributed by atoms with Crippen molar-refractivity contribution in [2.75, 3.05) is 40.9 Å². The fourth-order valence-electron chi connectivity index (χ4n) is 7.00. The van der Waals surface area contributed by atoms with Gasteiger partial charge in [-0.2, -0.15) is 0 Å². The lowest BCUT2D eigenvalue weighted by Gasteiger charge is -2.25. The molecule has 0 heterocycles. The molecule has 0 aliphatic heterocycles. The number of unbranched alkanes of at least 4 members (excludes halogenated alkanes) is 21. The molecule has 0 fully saturated rings. The molecule has 0 aliphatic rings. The summed E-state index contributed by atoms with van der Waals surface area (Å²) in [6.45, 7) is 4.63. The van der Waals surface area contributed by atoms with Crippen LogP contribution in [-0.2, 0) is 18.4 Å². The zero-order valence-electron chi connectivity index (χ0n) is 42.0. The van der Waals surface area contributed by atoms with E-state index >= 15 is 0 Å². The average Bonchev–Trinajstić information content (AvgIpc) is 3.25. The molecule has 0 aromatic carbocycles. The van der Waals surface area contributed by atoms with Crippen LogP contribution >= 0.6 is 7.82 Å². The van der Waals surface area contributed by atoms with Gasteiger partial charge in [0.05, 0.1) is 39.9 Å². The summed E-state index contributed by atoms with van der Waals surface area (Å²) in [7, 11) is 1.51. The van der Waals surface area contributed by atoms with E-state index in [9.17, 15) is 19.4 Å². The molecule has 0 spiro atoms. The van der Waals surface area contributed by atoms with Crippen LogP contribution < -0.4 is 5.32 Å². The number of carbonyl (C=O) groups excluding carboxylic acids is 1. The van der Waals surface area contributed by atoms with E-state index in [1.165, 1.54) is 116 Å². The standard InChI is InChI=1S/C55H99N2O6P/c1-6-8-10-12-14-16-18-20-22-23-24-25-26-27-28-29-30-31-32-33-35-36-38-40-42-44-46-48-54(58)53(52-63-64(60,61)62-51-50-57(3,4)5)56-55(59)49-47-45-43-41-39-37-34-21-19-17-15-13-11-9-7-2/h9,11,15,17,21,32-34,38-41,46,48,53-54,58H,6-8,10,12-14,16,18-20,22-31,35-37,42-45,47,49-52H2,1-5H3,(H-,56,59,60,61)/p+1/b11-9-,17-15-,33-32+,34-21-,40-38+,41-39-,48-46+. The number of amides is 1. The first-order chi connectivity index (χ1) is 31.0. The van der Waals surface area contributed by atoms with Crippen LogP contribution in [-0.4, -0.2) is 73.4 Å². The highest BCUT2D eigenvalue weighted by Gasteiger charge is 2.27. The first kappa shape index (κ1) is 61.7. The molecule has 1 amide bonds. The van der Waals surface area contributed by atoms with Gasteiger partial charge in [0, 0.05) is 6.42 Å². The number of quaternary nitrogens is 1. The monoisotopic (exact) mass is 916 g/mol. The Bertz CT molecular complexity index is 1310. The number of allylic oxidation sites excluding steroid dienone is 13. The number of aliphatic hydroxyl groups is 1. The molecule has 0 radical (unpaired) electrons. The summed E-state index contributed by atoms with van der Waals surface area (Å²) in [5.74, 6) is -0.234. The lowest BCUT2D eigenvalue weighted by atomic mass is 10.0. The van der Waals surface area contributed by atoms with Crippen molar-refractivity contribution in [3.05, 3.63) is 85.1 Å². The van der Waals surface area contributed by atoms with Crippen LogP contribution in [0.25, 0.3) is 0 Å². The van der Waals surface area contributed by atoms with Gasteiger partial charge in [0.15, 0.2) is 0 Å². The molecule has 8 nitrogen and oxygen atoms in total. The van der Waals surface area contributed by atoms with E-state index in [-0.39, 0.29) is 25.5 Å². The Hall–Kier alpha value is -2.32. The predicted octanol–water partition coefficient (Wildman–Crippen LogP) is 15.3. The summed E-state index contributed by atoms with van der Waals surface area (Å²) in [5, 5.41) is 13.8. The Morgan fingerprint density at radius 3 is 1.44 bits per heavy atom. The number of phosphoric acid groups is 1. The normalized spacial score (nSPS) is 14.8. The van der Waals surface area contributed by atoms with Crippen molar-refractivity contribution in [1.82, 2.24) is 5.32 Å². The number of aliphatic hydroxyl groups excluding tert-OH is 1. The zero-order chi connectivity index (χ0) is 47.1. The molecule has 0 saturated carbocycles. The van der Waals surface area contributed by atoms with Crippen molar-refractivity contribution in [3.8, 4) is 0 Å². The number of likely N-dealkylation sites (N-methyl/N-ethyl adjacent to an activating group) is 1. The van der Waals surface area contributed by atoms with Crippen LogP contribution in [0.1, 0.15) is 206 Å². The molecule has 64 heavy (non-hydrogen) atoms. The molecular weight excluding hydrogens is 816 g/mol. The molecule has 370 valence electrons. The van der Waals surface area contributed by atoms with Gasteiger partial charge in [0.1, 0.15) is 13.2 Å². The first-order valence-electron chi connectivity index (χ1n) is 26.0. The van der Waals surface area contributed by atoms with E-state index in [1.54, 1.807) is 6.08 Å². The molecule has 0 aromatic heterocycles. The van der Waals surface area contributed by atoms with Gasteiger partial charge >= 0.3 is 7.82 Å². The number of nitrogens with zero attached hydrogens (tertiary/aromatic N) is 1. The van der Waals surface area contributed by atoms with Crippen LogP contribution in [0.3, 0.4) is 0 Å². The summed E-state index contributed by atoms with van der Waals surface area (Å²) in [6.07, 6.45) is 64.1. The molecule has 3 unspecified atom stereocenters. The largest absolute Gasteiger partial charge is 0.472 e. The third-order valence-electron chi connectivity index (χ3n) is 11.1. The highest BCUT2D eigenvalue weighted by atomic mass is 31.2. The molecule has 0 aliphatic carbocycles. The second kappa shape index (κ2) is 45.8. The second-order valence-electron chi connectivity index (χ2n) is 18.5. The Morgan fingerprint density at radius 2 is 0.953 bits per heavy atom. The Kier molecular flexibility index (Phi) is 44.2. The zero-order valence-corrected chi connectivity index (χ0v) is 42.9. The topological polar surface area (TPSA) is 105 Å². The highest BCUT2D eigenvalue weighted by Crippen LogP contribution is 2.43. The van der Waals surface area contributed by atoms with Crippen LogP contribution in [0.15, 0.2) is 85.1 Å². The highest BCUT2D eigenvalue weighted by molar-refractivity contribution is 7.47. The number of phosphoric ester groups is 1. The van der Waals surface area contributed by atoms with Gasteiger partial charge in [-0.05, 0) is 83.5 Å². The number of hydrogen-bond donors (Lipinski definition) is 3. The molecular formula is C55H100N2O6P+. The number of hydrogen-bond acceptors (Lipinski definition) is 5. The molecule has 0 aromatic rings. The molecule has 0 saturated heterocycles. The lowest BCUT2D eigenvalue weighted by Crippen LogP contribution is -2.45. The SMILES string of the molecule is CC/C=C\C/C=C\C/C=C\C/C=C\CCCCC(=O)NC(COP(=O)(O)OCC[N+](C)(C)C)C(O)/C=C/CC/C=C/CC/C=C/CCCCCCCCCCCCCCCCCCC. The van der Waals surface area contributed by atoms with Crippen molar-refractivity contribution in [1.29, 1.82) is 0 Å². The second-order valence-corrected chi connectivity index (χ2v) is 19.9. The lowest BCUT2D eigenvalue weighted by molar-refractivity contribution is -0.870. The van der Waals surface area contributed by atoms with Crippen LogP contribution in [0, 0.1) is 0 Å². The van der Waals surface area contributed by atoms with Gasteiger partial charge in [-0.1, -0.05) is 202 Å². The minimum absolute atomic E-state index is 0.0411. The Morgan fingerprint density at radius 1 is 0.547 bits per heavy atom. The quantitative estimate of drug-likeness (QED) is 0.0243. The van der Waals surface area contributed by atoms with Crippen molar-refractivity contribution in [2.45, 2.75) is 219 Å². The molecule has 9 heteroatoms. The van der Waals surface area contributed by atoms with Crippen LogP contribution in [0.4, 0.5) is 0 Å². The summed E-state index contributed by atoms with van der Waals surface area (Å²) in [6, 6.07) is -0.896. The minimum Gasteiger partial charge on any atom is -0.387 e. The van der Waals surface area contributed by atoms with Gasteiger partial charge in [-0.25, -0.2) is 4.57 Å². The molecule has 0 rings (SSSR count). The third kappa shape index (κ3) is 47.6. The van der Waals surface area contributed by atoms with Crippen molar-refractivity contribution in [2.24, 2.45) is 0 Å². The predicted molar refractivity (Wildman–Crippen MR) is 276 cm³/mol. The van der Waals surface area contributed by atoms with Crippen molar-refractivity contribution < 1.29 is 32.9 Å². The maximum absolute atomic E-state index is 12.9. The molecule has 3 atom stereocenters. The van der Waals surface area contributed by atoms with E-state index < -0.39 is 20.0 Å². The van der Waals surface area contributed by atoms with E-state index in [1.807, 2.05) is 27.2 Å². The minimum atomic E-state index is -4.37. The van der Waals surface area contributed by atoms with E-state index in [0.29, 0.717) is 17.4 Å². The maximum atomic E-state index is 12.9. The number of carbonyl (C=O) groups is 1. The third-order valence-corrected chi connectivity index (χ3v) is 12.1. The Balaban J connectivity index is 4.38. The smallest absolute Gasteiger partial charge is 0.387 e. The summed E-state index contributed by atoms with van der Waals surface area (Å²) < 4.78 is 23.6. The molecule has 3 N–H and O–H groups in total. The van der Waals surface area contributed by atoms with Gasteiger partial charge in [-0.3, -0.25) is 13.8 Å². The fraction of sp³-hybridized carbons (Fsp3) is 0.727. The van der Waals surface area contributed by atoms with Gasteiger partial charge in [0.25, 0.3) is 0 Å². The fourth-order valence-corrected chi connectivity index (χ4v) is 7.74. The van der Waals surface area contributed by atoms with Crippen molar-refractivity contribution in [3.63, 3.8) is 0 Å². The average molecular weight is 916 g/mol. The Labute approximate surface area is 395 Å². The summed E-state index contributed by atoms with van der Waals surface area (Å²) in [5.41, 5.74) is 0. The van der Waals surface area contributed by atoms with E-state index in [2.05, 4.69) is 92.1 Å². The van der Waals surface area contributed by atoms with E-state index in [4.69, 9.17) is 9.05 Å². The van der Waals surface area contributed by atoms with Gasteiger partial charge in [-0.15, -0.1) is 0 Å². The van der Waals surface area contributed by atoms with Crippen molar-refractivity contribution >= 4 is 13.7 Å². The summed E-state index contributed by atoms with van der Waals surface area (Å²) >= 11 is 0. The van der Waals surface area contributed by atoms with Crippen LogP contribution in [0.2, 0.25) is 0 Å². The molecule has 0 bridgehead atoms. The maximum Gasteiger partial charge on any atom is 0.472 e. The van der Waals surface area contributed by atoms with E-state index in [0.717, 1.165) is 64.2 Å².